The van der Waals surface area contributed by atoms with Gasteiger partial charge in [-0.2, -0.15) is 0 Å². The topological polar surface area (TPSA) is 71.5 Å². The average Bonchev–Trinajstić information content (AvgIpc) is 2.93. The summed E-state index contributed by atoms with van der Waals surface area (Å²) < 4.78 is 5.06. The molecule has 1 heterocycles. The van der Waals surface area contributed by atoms with Crippen molar-refractivity contribution >= 4 is 28.3 Å². The summed E-state index contributed by atoms with van der Waals surface area (Å²) in [7, 11) is 1.58. The largest absolute Gasteiger partial charge is 0.383 e. The Kier molecular flexibility index (Phi) is 8.35. The third kappa shape index (κ3) is 8.40. The fraction of sp³-hybridized carbons (Fsp3) is 0.706. The first-order chi connectivity index (χ1) is 11.2. The molecule has 0 fully saturated rings. The third-order valence-electron chi connectivity index (χ3n) is 3.42. The van der Waals surface area contributed by atoms with E-state index in [-0.39, 0.29) is 29.7 Å². The molecule has 1 N–H and O–H groups in total. The summed E-state index contributed by atoms with van der Waals surface area (Å²) in [4.78, 5) is 30.3. The molecule has 0 saturated carbocycles. The minimum absolute atomic E-state index is 0.0157. The zero-order valence-corrected chi connectivity index (χ0v) is 16.1. The van der Waals surface area contributed by atoms with Gasteiger partial charge in [0, 0.05) is 31.7 Å². The van der Waals surface area contributed by atoms with Gasteiger partial charge in [-0.3, -0.25) is 9.59 Å². The number of nitrogens with zero attached hydrogens (tertiary/aromatic N) is 2. The minimum Gasteiger partial charge on any atom is -0.383 e. The standard InChI is InChI=1S/C17H29N3O3S/c1-13(11-17(2,3)4)10-15(22)20(7-8-23-5)12-14(21)19-16-18-6-9-24-16/h6,9,13H,7-8,10-12H2,1-5H3,(H,18,19,21)/t13-/m0/s1. The van der Waals surface area contributed by atoms with E-state index in [1.807, 2.05) is 0 Å². The summed E-state index contributed by atoms with van der Waals surface area (Å²) in [5, 5.41) is 5.04. The average molecular weight is 356 g/mol. The summed E-state index contributed by atoms with van der Waals surface area (Å²) in [6.45, 7) is 9.40. The van der Waals surface area contributed by atoms with Gasteiger partial charge in [-0.15, -0.1) is 11.3 Å². The molecule has 0 aliphatic carbocycles. The lowest BCUT2D eigenvalue weighted by molar-refractivity contribution is -0.136. The van der Waals surface area contributed by atoms with Gasteiger partial charge < -0.3 is 15.0 Å². The van der Waals surface area contributed by atoms with Crippen molar-refractivity contribution in [3.8, 4) is 0 Å². The molecule has 1 aromatic heterocycles. The lowest BCUT2D eigenvalue weighted by Gasteiger charge is -2.26. The van der Waals surface area contributed by atoms with Crippen LogP contribution in [0.5, 0.6) is 0 Å². The number of ether oxygens (including phenoxy) is 1. The maximum absolute atomic E-state index is 12.6. The van der Waals surface area contributed by atoms with Crippen LogP contribution in [-0.2, 0) is 14.3 Å². The Bertz CT molecular complexity index is 512. The van der Waals surface area contributed by atoms with Crippen molar-refractivity contribution in [1.82, 2.24) is 9.88 Å². The molecule has 0 aliphatic heterocycles. The van der Waals surface area contributed by atoms with Crippen LogP contribution in [0.3, 0.4) is 0 Å². The van der Waals surface area contributed by atoms with Gasteiger partial charge in [-0.1, -0.05) is 27.7 Å². The van der Waals surface area contributed by atoms with Gasteiger partial charge >= 0.3 is 0 Å². The monoisotopic (exact) mass is 355 g/mol. The number of aromatic nitrogens is 1. The lowest BCUT2D eigenvalue weighted by Crippen LogP contribution is -2.40. The van der Waals surface area contributed by atoms with Crippen molar-refractivity contribution in [2.45, 2.75) is 40.5 Å². The van der Waals surface area contributed by atoms with E-state index in [1.165, 1.54) is 11.3 Å². The van der Waals surface area contributed by atoms with Gasteiger partial charge in [0.15, 0.2) is 5.13 Å². The smallest absolute Gasteiger partial charge is 0.245 e. The Labute approximate surface area is 148 Å². The molecule has 6 nitrogen and oxygen atoms in total. The Morgan fingerprint density at radius 1 is 1.42 bits per heavy atom. The number of carbonyl (C=O) groups excluding carboxylic acids is 2. The van der Waals surface area contributed by atoms with Gasteiger partial charge in [0.2, 0.25) is 11.8 Å². The van der Waals surface area contributed by atoms with Gasteiger partial charge in [0.1, 0.15) is 6.54 Å². The van der Waals surface area contributed by atoms with E-state index in [9.17, 15) is 9.59 Å². The van der Waals surface area contributed by atoms with Crippen molar-refractivity contribution in [3.05, 3.63) is 11.6 Å². The van der Waals surface area contributed by atoms with Gasteiger partial charge in [0.05, 0.1) is 6.61 Å². The molecule has 0 radical (unpaired) electrons. The third-order valence-corrected chi connectivity index (χ3v) is 4.10. The predicted molar refractivity (Wildman–Crippen MR) is 97.1 cm³/mol. The molecule has 24 heavy (non-hydrogen) atoms. The highest BCUT2D eigenvalue weighted by molar-refractivity contribution is 7.13. The number of amides is 2. The van der Waals surface area contributed by atoms with Crippen LogP contribution in [0.4, 0.5) is 5.13 Å². The highest BCUT2D eigenvalue weighted by atomic mass is 32.1. The number of thiazole rings is 1. The van der Waals surface area contributed by atoms with Crippen molar-refractivity contribution in [2.24, 2.45) is 11.3 Å². The summed E-state index contributed by atoms with van der Waals surface area (Å²) in [5.74, 6) is 0.0144. The normalized spacial score (nSPS) is 12.7. The van der Waals surface area contributed by atoms with E-state index in [4.69, 9.17) is 4.74 Å². The van der Waals surface area contributed by atoms with Crippen LogP contribution in [-0.4, -0.2) is 48.5 Å². The molecule has 1 atom stereocenters. The number of anilines is 1. The molecule has 2 amide bonds. The van der Waals surface area contributed by atoms with Crippen LogP contribution in [0, 0.1) is 11.3 Å². The van der Waals surface area contributed by atoms with Gasteiger partial charge in [0.25, 0.3) is 0 Å². The highest BCUT2D eigenvalue weighted by Crippen LogP contribution is 2.26. The van der Waals surface area contributed by atoms with Crippen molar-refractivity contribution in [1.29, 1.82) is 0 Å². The molecular formula is C17H29N3O3S. The number of rotatable bonds is 9. The Morgan fingerprint density at radius 3 is 2.67 bits per heavy atom. The fourth-order valence-corrected chi connectivity index (χ4v) is 3.20. The first-order valence-corrected chi connectivity index (χ1v) is 9.05. The summed E-state index contributed by atoms with van der Waals surface area (Å²) in [5.41, 5.74) is 0.180. The van der Waals surface area contributed by atoms with E-state index in [1.54, 1.807) is 23.6 Å². The molecule has 0 unspecified atom stereocenters. The lowest BCUT2D eigenvalue weighted by atomic mass is 9.84. The Morgan fingerprint density at radius 2 is 2.12 bits per heavy atom. The SMILES string of the molecule is COCCN(CC(=O)Nc1nccs1)C(=O)C[C@H](C)CC(C)(C)C. The molecular weight excluding hydrogens is 326 g/mol. The number of nitrogens with one attached hydrogen (secondary N) is 1. The predicted octanol–water partition coefficient (Wildman–Crippen LogP) is 3.02. The number of hydrogen-bond donors (Lipinski definition) is 1. The van der Waals surface area contributed by atoms with Crippen molar-refractivity contribution in [3.63, 3.8) is 0 Å². The van der Waals surface area contributed by atoms with E-state index in [2.05, 4.69) is 38.0 Å². The van der Waals surface area contributed by atoms with Crippen LogP contribution < -0.4 is 5.32 Å². The first kappa shape index (κ1) is 20.6. The zero-order chi connectivity index (χ0) is 18.2. The maximum atomic E-state index is 12.6. The van der Waals surface area contributed by atoms with Gasteiger partial charge in [-0.05, 0) is 17.8 Å². The van der Waals surface area contributed by atoms with Crippen LogP contribution in [0.2, 0.25) is 0 Å². The fourth-order valence-electron chi connectivity index (χ4n) is 2.66. The van der Waals surface area contributed by atoms with E-state index < -0.39 is 0 Å². The minimum atomic E-state index is -0.238. The first-order valence-electron chi connectivity index (χ1n) is 8.17. The summed E-state index contributed by atoms with van der Waals surface area (Å²) >= 11 is 1.35. The number of carbonyl (C=O) groups is 2. The molecule has 0 aliphatic rings. The maximum Gasteiger partial charge on any atom is 0.245 e. The second-order valence-corrected chi connectivity index (χ2v) is 8.16. The van der Waals surface area contributed by atoms with Crippen molar-refractivity contribution in [2.75, 3.05) is 32.1 Å². The van der Waals surface area contributed by atoms with Crippen LogP contribution in [0.15, 0.2) is 11.6 Å². The molecule has 0 aromatic carbocycles. The second kappa shape index (κ2) is 9.74. The molecule has 0 spiro atoms. The van der Waals surface area contributed by atoms with Crippen LogP contribution in [0.1, 0.15) is 40.5 Å². The second-order valence-electron chi connectivity index (χ2n) is 7.27. The zero-order valence-electron chi connectivity index (χ0n) is 15.3. The van der Waals surface area contributed by atoms with Crippen LogP contribution in [0.25, 0.3) is 0 Å². The summed E-state index contributed by atoms with van der Waals surface area (Å²) in [6.07, 6.45) is 3.02. The van der Waals surface area contributed by atoms with Crippen LogP contribution >= 0.6 is 11.3 Å². The number of methoxy groups -OCH3 is 1. The molecule has 136 valence electrons. The van der Waals surface area contributed by atoms with Gasteiger partial charge in [-0.25, -0.2) is 4.98 Å². The summed E-state index contributed by atoms with van der Waals surface area (Å²) in [6, 6.07) is 0. The van der Waals surface area contributed by atoms with E-state index >= 15 is 0 Å². The highest BCUT2D eigenvalue weighted by Gasteiger charge is 2.22. The Balaban J connectivity index is 2.59. The quantitative estimate of drug-likeness (QED) is 0.739. The molecule has 1 aromatic rings. The van der Waals surface area contributed by atoms with E-state index in [0.717, 1.165) is 6.42 Å². The Hall–Kier alpha value is -1.47. The van der Waals surface area contributed by atoms with Crippen molar-refractivity contribution < 1.29 is 14.3 Å². The molecule has 1 rings (SSSR count). The molecule has 0 saturated heterocycles. The molecule has 7 heteroatoms. The van der Waals surface area contributed by atoms with E-state index in [0.29, 0.717) is 24.7 Å². The molecule has 0 bridgehead atoms. The number of hydrogen-bond acceptors (Lipinski definition) is 5.